The minimum Gasteiger partial charge on any atom is -0.481 e. The summed E-state index contributed by atoms with van der Waals surface area (Å²) in [6, 6.07) is 16.8. The third-order valence-electron chi connectivity index (χ3n) is 4.25. The first kappa shape index (κ1) is 16.2. The third-order valence-corrected chi connectivity index (χ3v) is 4.25. The fourth-order valence-corrected chi connectivity index (χ4v) is 2.97. The van der Waals surface area contributed by atoms with Crippen LogP contribution in [0.5, 0.6) is 0 Å². The first-order chi connectivity index (χ1) is 11.6. The van der Waals surface area contributed by atoms with Crippen LogP contribution in [0.1, 0.15) is 22.3 Å². The number of benzene rings is 2. The molecule has 0 spiro atoms. The molecule has 1 saturated heterocycles. The minimum absolute atomic E-state index is 0.145. The van der Waals surface area contributed by atoms with Crippen molar-refractivity contribution in [1.29, 1.82) is 0 Å². The van der Waals surface area contributed by atoms with Crippen molar-refractivity contribution in [2.45, 2.75) is 13.0 Å². The number of likely N-dealkylation sites (tertiary alicyclic amines) is 1. The molecule has 1 aliphatic heterocycles. The van der Waals surface area contributed by atoms with Crippen molar-refractivity contribution in [2.24, 2.45) is 5.92 Å². The molecule has 1 amide bonds. The lowest BCUT2D eigenvalue weighted by Gasteiger charge is -2.15. The Morgan fingerprint density at radius 2 is 1.92 bits per heavy atom. The van der Waals surface area contributed by atoms with Gasteiger partial charge in [0.15, 0.2) is 0 Å². The van der Waals surface area contributed by atoms with Crippen molar-refractivity contribution in [2.75, 3.05) is 18.4 Å². The molecule has 0 aromatic heterocycles. The number of carboxylic acid groups (broad SMARTS) is 1. The molecule has 1 atom stereocenters. The van der Waals surface area contributed by atoms with E-state index in [9.17, 15) is 9.59 Å². The van der Waals surface area contributed by atoms with Gasteiger partial charge < -0.3 is 10.4 Å². The smallest absolute Gasteiger partial charge is 0.307 e. The van der Waals surface area contributed by atoms with Crippen LogP contribution < -0.4 is 5.32 Å². The number of para-hydroxylation sites is 1. The Morgan fingerprint density at radius 3 is 2.62 bits per heavy atom. The zero-order valence-corrected chi connectivity index (χ0v) is 13.3. The summed E-state index contributed by atoms with van der Waals surface area (Å²) in [7, 11) is 0. The summed E-state index contributed by atoms with van der Waals surface area (Å²) in [6.45, 7) is 2.00. The molecule has 5 nitrogen and oxygen atoms in total. The quantitative estimate of drug-likeness (QED) is 0.887. The van der Waals surface area contributed by atoms with Gasteiger partial charge in [0.2, 0.25) is 0 Å². The molecule has 1 aliphatic rings. The molecule has 3 rings (SSSR count). The molecule has 124 valence electrons. The van der Waals surface area contributed by atoms with Gasteiger partial charge in [0, 0.05) is 24.3 Å². The molecule has 5 heteroatoms. The van der Waals surface area contributed by atoms with Gasteiger partial charge in [0.05, 0.1) is 5.92 Å². The zero-order chi connectivity index (χ0) is 16.9. The van der Waals surface area contributed by atoms with Gasteiger partial charge in [-0.25, -0.2) is 0 Å². The largest absolute Gasteiger partial charge is 0.481 e. The average molecular weight is 324 g/mol. The van der Waals surface area contributed by atoms with E-state index in [4.69, 9.17) is 5.11 Å². The van der Waals surface area contributed by atoms with Crippen LogP contribution >= 0.6 is 0 Å². The van der Waals surface area contributed by atoms with Crippen LogP contribution in [0.4, 0.5) is 5.69 Å². The molecule has 24 heavy (non-hydrogen) atoms. The molecule has 2 N–H and O–H groups in total. The molecule has 0 saturated carbocycles. The van der Waals surface area contributed by atoms with Gasteiger partial charge in [-0.05, 0) is 42.8 Å². The third kappa shape index (κ3) is 4.00. The van der Waals surface area contributed by atoms with E-state index in [-0.39, 0.29) is 11.8 Å². The number of amides is 1. The van der Waals surface area contributed by atoms with Gasteiger partial charge in [0.1, 0.15) is 0 Å². The Hall–Kier alpha value is -2.66. The summed E-state index contributed by atoms with van der Waals surface area (Å²) >= 11 is 0. The van der Waals surface area contributed by atoms with E-state index in [1.807, 2.05) is 48.5 Å². The van der Waals surface area contributed by atoms with Crippen LogP contribution in [0.25, 0.3) is 0 Å². The maximum Gasteiger partial charge on any atom is 0.307 e. The number of aliphatic carboxylic acids is 1. The number of hydrogen-bond donors (Lipinski definition) is 2. The molecule has 1 unspecified atom stereocenters. The van der Waals surface area contributed by atoms with E-state index in [0.29, 0.717) is 25.1 Å². The summed E-state index contributed by atoms with van der Waals surface area (Å²) in [4.78, 5) is 25.5. The number of anilines is 1. The SMILES string of the molecule is O=C(Nc1ccccc1)c1cccc(CN2CCC(C(=O)O)C2)c1. The van der Waals surface area contributed by atoms with Gasteiger partial charge in [-0.2, -0.15) is 0 Å². The summed E-state index contributed by atoms with van der Waals surface area (Å²) in [5.41, 5.74) is 2.38. The Balaban J connectivity index is 1.64. The molecular formula is C19H20N2O3. The maximum absolute atomic E-state index is 12.3. The van der Waals surface area contributed by atoms with E-state index in [2.05, 4.69) is 10.2 Å². The van der Waals surface area contributed by atoms with Crippen molar-refractivity contribution in [3.8, 4) is 0 Å². The molecule has 1 heterocycles. The lowest BCUT2D eigenvalue weighted by Crippen LogP contribution is -2.23. The minimum atomic E-state index is -0.728. The number of carbonyl (C=O) groups excluding carboxylic acids is 1. The summed E-state index contributed by atoms with van der Waals surface area (Å²) in [5.74, 6) is -1.16. The molecule has 0 aliphatic carbocycles. The van der Waals surface area contributed by atoms with Crippen molar-refractivity contribution >= 4 is 17.6 Å². The number of carbonyl (C=O) groups is 2. The van der Waals surface area contributed by atoms with E-state index in [0.717, 1.165) is 17.8 Å². The fourth-order valence-electron chi connectivity index (χ4n) is 2.97. The zero-order valence-electron chi connectivity index (χ0n) is 13.3. The summed E-state index contributed by atoms with van der Waals surface area (Å²) in [5, 5.41) is 11.9. The lowest BCUT2D eigenvalue weighted by atomic mass is 10.1. The van der Waals surface area contributed by atoms with Gasteiger partial charge in [0.25, 0.3) is 5.91 Å². The fraction of sp³-hybridized carbons (Fsp3) is 0.263. The Morgan fingerprint density at radius 1 is 1.12 bits per heavy atom. The first-order valence-electron chi connectivity index (χ1n) is 8.02. The van der Waals surface area contributed by atoms with Crippen LogP contribution in [-0.2, 0) is 11.3 Å². The normalized spacial score (nSPS) is 17.6. The van der Waals surface area contributed by atoms with Gasteiger partial charge in [-0.3, -0.25) is 14.5 Å². The van der Waals surface area contributed by atoms with E-state index in [1.54, 1.807) is 6.07 Å². The van der Waals surface area contributed by atoms with E-state index in [1.165, 1.54) is 0 Å². The second-order valence-electron chi connectivity index (χ2n) is 6.08. The van der Waals surface area contributed by atoms with Crippen LogP contribution in [-0.4, -0.2) is 35.0 Å². The summed E-state index contributed by atoms with van der Waals surface area (Å²) < 4.78 is 0. The average Bonchev–Trinajstić information content (AvgIpc) is 3.05. The van der Waals surface area contributed by atoms with Crippen LogP contribution in [0.15, 0.2) is 54.6 Å². The molecule has 2 aromatic carbocycles. The highest BCUT2D eigenvalue weighted by atomic mass is 16.4. The molecular weight excluding hydrogens is 304 g/mol. The number of nitrogens with zero attached hydrogens (tertiary/aromatic N) is 1. The number of nitrogens with one attached hydrogen (secondary N) is 1. The van der Waals surface area contributed by atoms with Crippen molar-refractivity contribution in [3.05, 3.63) is 65.7 Å². The van der Waals surface area contributed by atoms with E-state index >= 15 is 0 Å². The maximum atomic E-state index is 12.3. The van der Waals surface area contributed by atoms with Crippen LogP contribution in [0.3, 0.4) is 0 Å². The highest BCUT2D eigenvalue weighted by Gasteiger charge is 2.27. The van der Waals surface area contributed by atoms with Crippen LogP contribution in [0.2, 0.25) is 0 Å². The molecule has 0 bridgehead atoms. The highest BCUT2D eigenvalue weighted by molar-refractivity contribution is 6.04. The van der Waals surface area contributed by atoms with Crippen LogP contribution in [0, 0.1) is 5.92 Å². The molecule has 0 radical (unpaired) electrons. The standard InChI is InChI=1S/C19H20N2O3/c22-18(20-17-7-2-1-3-8-17)15-6-4-5-14(11-15)12-21-10-9-16(13-21)19(23)24/h1-8,11,16H,9-10,12-13H2,(H,20,22)(H,23,24). The second-order valence-corrected chi connectivity index (χ2v) is 6.08. The number of carboxylic acids is 1. The Bertz CT molecular complexity index is 730. The first-order valence-corrected chi connectivity index (χ1v) is 8.02. The van der Waals surface area contributed by atoms with Crippen molar-refractivity contribution in [1.82, 2.24) is 4.90 Å². The predicted octanol–water partition coefficient (Wildman–Crippen LogP) is 2.85. The van der Waals surface area contributed by atoms with Gasteiger partial charge in [-0.1, -0.05) is 30.3 Å². The van der Waals surface area contributed by atoms with Crippen molar-refractivity contribution in [3.63, 3.8) is 0 Å². The Labute approximate surface area is 140 Å². The molecule has 1 fully saturated rings. The number of rotatable bonds is 5. The topological polar surface area (TPSA) is 69.6 Å². The van der Waals surface area contributed by atoms with Gasteiger partial charge in [-0.15, -0.1) is 0 Å². The Kier molecular flexibility index (Phi) is 4.91. The van der Waals surface area contributed by atoms with Crippen molar-refractivity contribution < 1.29 is 14.7 Å². The van der Waals surface area contributed by atoms with Gasteiger partial charge >= 0.3 is 5.97 Å². The highest BCUT2D eigenvalue weighted by Crippen LogP contribution is 2.19. The summed E-state index contributed by atoms with van der Waals surface area (Å²) in [6.07, 6.45) is 0.684. The molecule has 2 aromatic rings. The predicted molar refractivity (Wildman–Crippen MR) is 91.9 cm³/mol. The monoisotopic (exact) mass is 324 g/mol. The lowest BCUT2D eigenvalue weighted by molar-refractivity contribution is -0.141. The second kappa shape index (κ2) is 7.27. The number of hydrogen-bond acceptors (Lipinski definition) is 3. The van der Waals surface area contributed by atoms with E-state index < -0.39 is 5.97 Å².